The van der Waals surface area contributed by atoms with Crippen LogP contribution in [0.15, 0.2) is 23.3 Å². The number of ether oxygens (including phenoxy) is 3. The van der Waals surface area contributed by atoms with Crippen molar-refractivity contribution in [2.24, 2.45) is 4.99 Å². The molecule has 19 heavy (non-hydrogen) atoms. The first kappa shape index (κ1) is 13.7. The van der Waals surface area contributed by atoms with Crippen molar-refractivity contribution >= 4 is 23.0 Å². The maximum atomic E-state index is 11.2. The van der Waals surface area contributed by atoms with Gasteiger partial charge in [-0.25, -0.2) is 9.79 Å². The maximum Gasteiger partial charge on any atom is 0.510 e. The molecule has 0 bridgehead atoms. The highest BCUT2D eigenvalue weighted by Crippen LogP contribution is 2.34. The van der Waals surface area contributed by atoms with Gasteiger partial charge in [0.15, 0.2) is 0 Å². The van der Waals surface area contributed by atoms with E-state index in [0.717, 1.165) is 0 Å². The predicted octanol–water partition coefficient (Wildman–Crippen LogP) is 2.08. The predicted molar refractivity (Wildman–Crippen MR) is 71.7 cm³/mol. The molecular weight excluding hydrogens is 268 g/mol. The highest BCUT2D eigenvalue weighted by atomic mass is 32.2. The van der Waals surface area contributed by atoms with Crippen molar-refractivity contribution in [3.05, 3.63) is 24.0 Å². The van der Waals surface area contributed by atoms with Crippen molar-refractivity contribution in [2.45, 2.75) is 12.6 Å². The molecule has 0 radical (unpaired) electrons. The molecule has 2 heterocycles. The number of pyridine rings is 1. The van der Waals surface area contributed by atoms with E-state index in [1.54, 1.807) is 26.3 Å². The fraction of sp³-hybridized carbons (Fsp3) is 0.417. The van der Waals surface area contributed by atoms with Crippen LogP contribution in [-0.2, 0) is 9.47 Å². The first-order valence-corrected chi connectivity index (χ1v) is 6.55. The highest BCUT2D eigenvalue weighted by Gasteiger charge is 2.36. The number of rotatable bonds is 3. The molecule has 1 aliphatic rings. The summed E-state index contributed by atoms with van der Waals surface area (Å²) >= 11 is 1.46. The molecule has 0 N–H and O–H groups in total. The molecule has 6 nitrogen and oxygen atoms in total. The monoisotopic (exact) mass is 282 g/mol. The number of aromatic nitrogens is 1. The molecule has 0 amide bonds. The number of carbonyl (C=O) groups is 1. The SMILES string of the molecule is COC(=O)OC1(C)CSC(c2ncccc2OC)=N1. The lowest BCUT2D eigenvalue weighted by molar-refractivity contribution is 0.00218. The Balaban J connectivity index is 2.25. The third-order valence-electron chi connectivity index (χ3n) is 2.48. The minimum Gasteiger partial charge on any atom is -0.494 e. The maximum absolute atomic E-state index is 11.2. The van der Waals surface area contributed by atoms with Gasteiger partial charge in [0.1, 0.15) is 16.5 Å². The zero-order valence-corrected chi connectivity index (χ0v) is 11.7. The molecule has 1 unspecified atom stereocenters. The Morgan fingerprint density at radius 3 is 2.95 bits per heavy atom. The minimum absolute atomic E-state index is 0.511. The lowest BCUT2D eigenvalue weighted by Crippen LogP contribution is -2.29. The van der Waals surface area contributed by atoms with Gasteiger partial charge in [0, 0.05) is 6.20 Å². The summed E-state index contributed by atoms with van der Waals surface area (Å²) in [6.07, 6.45) is 0.915. The lowest BCUT2D eigenvalue weighted by Gasteiger charge is -2.18. The van der Waals surface area contributed by atoms with E-state index in [-0.39, 0.29) is 0 Å². The number of methoxy groups -OCH3 is 2. The number of aliphatic imine (C=N–C) groups is 1. The lowest BCUT2D eigenvalue weighted by atomic mass is 10.3. The molecule has 0 fully saturated rings. The van der Waals surface area contributed by atoms with Crippen LogP contribution in [0.25, 0.3) is 0 Å². The fourth-order valence-electron chi connectivity index (χ4n) is 1.59. The fourth-order valence-corrected chi connectivity index (χ4v) is 2.67. The second-order valence-electron chi connectivity index (χ2n) is 3.99. The molecule has 2 rings (SSSR count). The number of thioether (sulfide) groups is 1. The van der Waals surface area contributed by atoms with Crippen molar-refractivity contribution in [3.8, 4) is 5.75 Å². The normalized spacial score (nSPS) is 21.7. The van der Waals surface area contributed by atoms with Crippen molar-refractivity contribution < 1.29 is 19.0 Å². The summed E-state index contributed by atoms with van der Waals surface area (Å²) in [6, 6.07) is 3.59. The van der Waals surface area contributed by atoms with E-state index in [0.29, 0.717) is 22.2 Å². The van der Waals surface area contributed by atoms with Crippen molar-refractivity contribution in [1.29, 1.82) is 0 Å². The number of nitrogens with zero attached hydrogens (tertiary/aromatic N) is 2. The third kappa shape index (κ3) is 2.98. The molecule has 0 aliphatic carbocycles. The van der Waals surface area contributed by atoms with E-state index >= 15 is 0 Å². The molecule has 1 atom stereocenters. The zero-order valence-electron chi connectivity index (χ0n) is 10.9. The van der Waals surface area contributed by atoms with Gasteiger partial charge >= 0.3 is 6.16 Å². The minimum atomic E-state index is -0.935. The van der Waals surface area contributed by atoms with Crippen molar-refractivity contribution in [2.75, 3.05) is 20.0 Å². The van der Waals surface area contributed by atoms with Crippen molar-refractivity contribution in [1.82, 2.24) is 4.98 Å². The Kier molecular flexibility index (Phi) is 3.94. The number of carbonyl (C=O) groups excluding carboxylic acids is 1. The van der Waals surface area contributed by atoms with E-state index in [9.17, 15) is 4.79 Å². The molecule has 7 heteroatoms. The van der Waals surface area contributed by atoms with Crippen LogP contribution >= 0.6 is 11.8 Å². The zero-order chi connectivity index (χ0) is 13.9. The summed E-state index contributed by atoms with van der Waals surface area (Å²) in [5, 5.41) is 0.684. The van der Waals surface area contributed by atoms with E-state index in [4.69, 9.17) is 9.47 Å². The average molecular weight is 282 g/mol. The second-order valence-corrected chi connectivity index (χ2v) is 4.96. The Bertz CT molecular complexity index is 520. The van der Waals surface area contributed by atoms with Gasteiger partial charge in [-0.3, -0.25) is 4.98 Å². The van der Waals surface area contributed by atoms with Gasteiger partial charge in [-0.2, -0.15) is 0 Å². The van der Waals surface area contributed by atoms with Crippen LogP contribution < -0.4 is 4.74 Å². The summed E-state index contributed by atoms with van der Waals surface area (Å²) in [5.74, 6) is 1.15. The average Bonchev–Trinajstić information content (AvgIpc) is 2.80. The summed E-state index contributed by atoms with van der Waals surface area (Å²) in [5.41, 5.74) is -0.289. The van der Waals surface area contributed by atoms with Crippen LogP contribution in [0.2, 0.25) is 0 Å². The standard InChI is InChI=1S/C12H14N2O4S/c1-12(18-11(15)17-3)7-19-10(14-12)9-8(16-2)5-4-6-13-9/h4-6H,7H2,1-3H3. The summed E-state index contributed by atoms with van der Waals surface area (Å²) in [4.78, 5) is 19.8. The summed E-state index contributed by atoms with van der Waals surface area (Å²) in [6.45, 7) is 1.72. The van der Waals surface area contributed by atoms with Gasteiger partial charge < -0.3 is 14.2 Å². The van der Waals surface area contributed by atoms with Gasteiger partial charge in [-0.1, -0.05) is 11.8 Å². The first-order chi connectivity index (χ1) is 9.08. The molecule has 0 saturated heterocycles. The van der Waals surface area contributed by atoms with Gasteiger partial charge in [-0.15, -0.1) is 0 Å². The smallest absolute Gasteiger partial charge is 0.494 e. The van der Waals surface area contributed by atoms with E-state index in [1.165, 1.54) is 18.9 Å². The van der Waals surface area contributed by atoms with Crippen LogP contribution in [0.4, 0.5) is 4.79 Å². The van der Waals surface area contributed by atoms with Gasteiger partial charge in [0.2, 0.25) is 5.72 Å². The molecule has 0 saturated carbocycles. The highest BCUT2D eigenvalue weighted by molar-refractivity contribution is 8.14. The quantitative estimate of drug-likeness (QED) is 0.791. The second kappa shape index (κ2) is 5.48. The van der Waals surface area contributed by atoms with E-state index in [2.05, 4.69) is 14.7 Å². The summed E-state index contributed by atoms with van der Waals surface area (Å²) in [7, 11) is 2.84. The molecule has 1 aromatic heterocycles. The van der Waals surface area contributed by atoms with Crippen LogP contribution in [-0.4, -0.2) is 41.9 Å². The molecule has 102 valence electrons. The van der Waals surface area contributed by atoms with Crippen LogP contribution in [0.1, 0.15) is 12.6 Å². The van der Waals surface area contributed by atoms with E-state index in [1.807, 2.05) is 6.07 Å². The van der Waals surface area contributed by atoms with Crippen LogP contribution in [0.5, 0.6) is 5.75 Å². The Morgan fingerprint density at radius 2 is 2.26 bits per heavy atom. The van der Waals surface area contributed by atoms with Gasteiger partial charge in [0.25, 0.3) is 0 Å². The summed E-state index contributed by atoms with van der Waals surface area (Å²) < 4.78 is 14.9. The molecule has 0 spiro atoms. The van der Waals surface area contributed by atoms with Crippen molar-refractivity contribution in [3.63, 3.8) is 0 Å². The van der Waals surface area contributed by atoms with Gasteiger partial charge in [0.05, 0.1) is 20.0 Å². The molecule has 0 aromatic carbocycles. The van der Waals surface area contributed by atoms with Gasteiger partial charge in [-0.05, 0) is 19.1 Å². The Morgan fingerprint density at radius 1 is 1.47 bits per heavy atom. The van der Waals surface area contributed by atoms with E-state index < -0.39 is 11.9 Å². The molecular formula is C12H14N2O4S. The molecule has 1 aliphatic heterocycles. The number of hydrogen-bond donors (Lipinski definition) is 0. The van der Waals surface area contributed by atoms with Crippen LogP contribution in [0.3, 0.4) is 0 Å². The van der Waals surface area contributed by atoms with Crippen LogP contribution in [0, 0.1) is 0 Å². The Labute approximate surface area is 115 Å². The largest absolute Gasteiger partial charge is 0.510 e. The number of hydrogen-bond acceptors (Lipinski definition) is 7. The first-order valence-electron chi connectivity index (χ1n) is 5.57. The molecule has 1 aromatic rings. The third-order valence-corrected chi connectivity index (χ3v) is 3.72. The Hall–Kier alpha value is -1.76. The topological polar surface area (TPSA) is 70.0 Å².